The van der Waals surface area contributed by atoms with Crippen molar-refractivity contribution in [3.8, 4) is 5.75 Å². The number of nitrogens with one attached hydrogen (secondary N) is 2. The maximum Gasteiger partial charge on any atom is 0.294 e. The molecule has 0 aliphatic carbocycles. The first-order valence-corrected chi connectivity index (χ1v) is 13.0. The summed E-state index contributed by atoms with van der Waals surface area (Å²) in [5.74, 6) is -0.690. The summed E-state index contributed by atoms with van der Waals surface area (Å²) in [6.45, 7) is 0. The van der Waals surface area contributed by atoms with Crippen LogP contribution in [-0.2, 0) is 20.2 Å². The molecule has 0 saturated carbocycles. The first-order chi connectivity index (χ1) is 17.3. The van der Waals surface area contributed by atoms with Gasteiger partial charge in [0.15, 0.2) is 5.36 Å². The second-order valence-electron chi connectivity index (χ2n) is 7.54. The van der Waals surface area contributed by atoms with Gasteiger partial charge in [0.1, 0.15) is 11.1 Å². The van der Waals surface area contributed by atoms with E-state index in [1.807, 2.05) is 0 Å². The molecule has 0 bridgehead atoms. The number of hydrogen-bond acceptors (Lipinski definition) is 11. The van der Waals surface area contributed by atoms with Crippen LogP contribution in [0.1, 0.15) is 0 Å². The Labute approximate surface area is 207 Å². The molecule has 5 N–H and O–H groups in total. The highest BCUT2D eigenvalue weighted by molar-refractivity contribution is 7.86. The molecule has 0 unspecified atom stereocenters. The van der Waals surface area contributed by atoms with Gasteiger partial charge in [-0.1, -0.05) is 18.2 Å². The van der Waals surface area contributed by atoms with E-state index in [0.29, 0.717) is 11.8 Å². The Hall–Kier alpha value is -4.44. The van der Waals surface area contributed by atoms with Crippen LogP contribution in [0.15, 0.2) is 96.3 Å². The SMILES string of the molecule is O=c1cc/c(=N/Nc2cc(S(=O)(=O)O)cc3cc(S(=O)(=O)O)cc(O)c23)c(=O)/c1=N/Nc1ccccc1. The molecule has 0 saturated heterocycles. The van der Waals surface area contributed by atoms with Crippen molar-refractivity contribution < 1.29 is 31.0 Å². The number of para-hydroxylation sites is 1. The van der Waals surface area contributed by atoms with E-state index in [2.05, 4.69) is 21.1 Å². The third kappa shape index (κ3) is 5.54. The van der Waals surface area contributed by atoms with Crippen LogP contribution in [0.2, 0.25) is 0 Å². The van der Waals surface area contributed by atoms with Crippen LogP contribution < -0.4 is 32.4 Å². The van der Waals surface area contributed by atoms with Crippen molar-refractivity contribution in [2.24, 2.45) is 10.2 Å². The number of phenolic OH excluding ortho intramolecular Hbond substituents is 1. The number of rotatable bonds is 6. The Morgan fingerprint density at radius 1 is 0.730 bits per heavy atom. The van der Waals surface area contributed by atoms with Crippen molar-refractivity contribution in [2.75, 3.05) is 10.9 Å². The predicted molar refractivity (Wildman–Crippen MR) is 131 cm³/mol. The lowest BCUT2D eigenvalue weighted by Gasteiger charge is -2.11. The molecule has 0 atom stereocenters. The number of nitrogens with zero attached hydrogens (tertiary/aromatic N) is 2. The van der Waals surface area contributed by atoms with E-state index in [9.17, 15) is 40.6 Å². The smallest absolute Gasteiger partial charge is 0.294 e. The van der Waals surface area contributed by atoms with Gasteiger partial charge in [-0.05, 0) is 47.9 Å². The number of aromatic hydroxyl groups is 1. The van der Waals surface area contributed by atoms with Gasteiger partial charge in [0.2, 0.25) is 10.9 Å². The highest BCUT2D eigenvalue weighted by Crippen LogP contribution is 2.36. The average molecular weight is 545 g/mol. The van der Waals surface area contributed by atoms with Crippen molar-refractivity contribution >= 4 is 42.4 Å². The van der Waals surface area contributed by atoms with Gasteiger partial charge in [0.25, 0.3) is 20.2 Å². The average Bonchev–Trinajstić information content (AvgIpc) is 2.82. The van der Waals surface area contributed by atoms with Crippen LogP contribution in [0, 0.1) is 0 Å². The van der Waals surface area contributed by atoms with E-state index in [4.69, 9.17) is 0 Å². The van der Waals surface area contributed by atoms with Gasteiger partial charge < -0.3 is 5.11 Å². The summed E-state index contributed by atoms with van der Waals surface area (Å²) >= 11 is 0. The van der Waals surface area contributed by atoms with Gasteiger partial charge in [-0.25, -0.2) is 0 Å². The van der Waals surface area contributed by atoms with Crippen LogP contribution in [0.3, 0.4) is 0 Å². The molecule has 0 aliphatic rings. The summed E-state index contributed by atoms with van der Waals surface area (Å²) in [6.07, 6.45) is 0. The van der Waals surface area contributed by atoms with Crippen molar-refractivity contribution in [1.82, 2.24) is 0 Å². The lowest BCUT2D eigenvalue weighted by Crippen LogP contribution is -2.47. The lowest BCUT2D eigenvalue weighted by atomic mass is 10.1. The van der Waals surface area contributed by atoms with Crippen LogP contribution in [-0.4, -0.2) is 31.0 Å². The van der Waals surface area contributed by atoms with Crippen LogP contribution in [0.4, 0.5) is 11.4 Å². The first-order valence-electron chi connectivity index (χ1n) is 10.1. The van der Waals surface area contributed by atoms with Gasteiger partial charge in [-0.2, -0.15) is 27.0 Å². The summed E-state index contributed by atoms with van der Waals surface area (Å²) in [4.78, 5) is 23.5. The molecule has 0 spiro atoms. The van der Waals surface area contributed by atoms with Gasteiger partial charge in [0, 0.05) is 11.5 Å². The van der Waals surface area contributed by atoms with Crippen molar-refractivity contribution in [2.45, 2.75) is 9.79 Å². The summed E-state index contributed by atoms with van der Waals surface area (Å²) in [5.41, 5.74) is 3.66. The zero-order valence-corrected chi connectivity index (χ0v) is 20.0. The van der Waals surface area contributed by atoms with Crippen LogP contribution in [0.5, 0.6) is 5.75 Å². The molecule has 4 aromatic carbocycles. The third-order valence-corrected chi connectivity index (χ3v) is 6.67. The second kappa shape index (κ2) is 9.55. The number of hydrogen-bond donors (Lipinski definition) is 5. The predicted octanol–water partition coefficient (Wildman–Crippen LogP) is 0.490. The molecule has 0 radical (unpaired) electrons. The fourth-order valence-corrected chi connectivity index (χ4v) is 4.39. The maximum absolute atomic E-state index is 12.8. The van der Waals surface area contributed by atoms with Gasteiger partial charge in [-0.3, -0.25) is 29.5 Å². The first kappa shape index (κ1) is 25.6. The van der Waals surface area contributed by atoms with Crippen molar-refractivity contribution in [3.63, 3.8) is 0 Å². The monoisotopic (exact) mass is 544 g/mol. The Morgan fingerprint density at radius 2 is 1.35 bits per heavy atom. The fraction of sp³-hybridized carbons (Fsp3) is 0. The minimum absolute atomic E-state index is 0.146. The molecule has 4 rings (SSSR count). The number of anilines is 2. The third-order valence-electron chi connectivity index (χ3n) is 5.01. The summed E-state index contributed by atoms with van der Waals surface area (Å²) in [5, 5.41) is 17.0. The summed E-state index contributed by atoms with van der Waals surface area (Å²) in [6, 6.07) is 13.9. The summed E-state index contributed by atoms with van der Waals surface area (Å²) in [7, 11) is -9.59. The Bertz CT molecular complexity index is 1980. The van der Waals surface area contributed by atoms with E-state index in [0.717, 1.165) is 30.3 Å². The van der Waals surface area contributed by atoms with Crippen LogP contribution in [0.25, 0.3) is 10.8 Å². The molecule has 0 aliphatic heterocycles. The van der Waals surface area contributed by atoms with E-state index < -0.39 is 52.0 Å². The Balaban J connectivity index is 1.87. The molecule has 0 amide bonds. The van der Waals surface area contributed by atoms with E-state index in [1.54, 1.807) is 30.3 Å². The van der Waals surface area contributed by atoms with Gasteiger partial charge >= 0.3 is 0 Å². The second-order valence-corrected chi connectivity index (χ2v) is 10.4. The quantitative estimate of drug-likeness (QED) is 0.166. The zero-order chi connectivity index (χ0) is 27.0. The van der Waals surface area contributed by atoms with Crippen molar-refractivity contribution in [1.29, 1.82) is 0 Å². The maximum atomic E-state index is 12.8. The van der Waals surface area contributed by atoms with E-state index in [-0.39, 0.29) is 21.8 Å². The summed E-state index contributed by atoms with van der Waals surface area (Å²) < 4.78 is 65.4. The highest BCUT2D eigenvalue weighted by atomic mass is 32.2. The fourth-order valence-electron chi connectivity index (χ4n) is 3.31. The molecule has 15 heteroatoms. The highest BCUT2D eigenvalue weighted by Gasteiger charge is 2.19. The molecule has 0 heterocycles. The van der Waals surface area contributed by atoms with E-state index >= 15 is 0 Å². The number of phenols is 1. The standard InChI is InChI=1S/C22H16N4O9S2/c27-18-7-6-16(22(29)21(18)26-23-13-4-2-1-3-5-13)24-25-17-10-14(36(30,31)32)8-12-9-15(37(33,34)35)11-19(28)20(12)17/h1-11,23,25,28H,(H,30,31,32)(H,33,34,35)/b24-16-,26-21+. The minimum atomic E-state index is -4.82. The molecule has 0 aromatic heterocycles. The molecule has 37 heavy (non-hydrogen) atoms. The largest absolute Gasteiger partial charge is 0.507 e. The lowest BCUT2D eigenvalue weighted by molar-refractivity contribution is 0.471. The van der Waals surface area contributed by atoms with Crippen molar-refractivity contribution in [3.05, 3.63) is 97.9 Å². The van der Waals surface area contributed by atoms with E-state index in [1.165, 1.54) is 0 Å². The molecule has 4 aromatic rings. The topological polar surface area (TPSA) is 212 Å². The minimum Gasteiger partial charge on any atom is -0.507 e. The molecule has 13 nitrogen and oxygen atoms in total. The zero-order valence-electron chi connectivity index (χ0n) is 18.4. The number of fused-ring (bicyclic) bond motifs is 1. The molecule has 190 valence electrons. The molecule has 0 fully saturated rings. The molecular weight excluding hydrogens is 528 g/mol. The Morgan fingerprint density at radius 3 is 1.97 bits per heavy atom. The Kier molecular flexibility index (Phi) is 6.62. The van der Waals surface area contributed by atoms with Gasteiger partial charge in [0.05, 0.1) is 21.2 Å². The van der Waals surface area contributed by atoms with Gasteiger partial charge in [-0.15, -0.1) is 0 Å². The van der Waals surface area contributed by atoms with Crippen LogP contribution >= 0.6 is 0 Å². The normalized spacial score (nSPS) is 13.1. The molecular formula is C22H16N4O9S2. The number of benzene rings is 4.